The molecule has 100 valence electrons. The summed E-state index contributed by atoms with van der Waals surface area (Å²) in [5.41, 5.74) is 0. The predicted octanol–water partition coefficient (Wildman–Crippen LogP) is 4.10. The van der Waals surface area contributed by atoms with Gasteiger partial charge in [-0.2, -0.15) is 11.8 Å². The fourth-order valence-electron chi connectivity index (χ4n) is 2.21. The van der Waals surface area contributed by atoms with Crippen molar-refractivity contribution in [1.29, 1.82) is 0 Å². The van der Waals surface area contributed by atoms with Crippen LogP contribution in [0.2, 0.25) is 0 Å². The molecule has 0 amide bonds. The zero-order valence-corrected chi connectivity index (χ0v) is 13.0. The lowest BCUT2D eigenvalue weighted by atomic mass is 10.4. The Morgan fingerprint density at radius 3 is 1.74 bits per heavy atom. The summed E-state index contributed by atoms with van der Waals surface area (Å²) in [4.78, 5) is 0.0994. The Morgan fingerprint density at radius 1 is 0.947 bits per heavy atom. The van der Waals surface area contributed by atoms with Crippen LogP contribution in [0.5, 0.6) is 0 Å². The molecule has 0 saturated carbocycles. The second-order valence-corrected chi connectivity index (χ2v) is 9.47. The lowest BCUT2D eigenvalue weighted by Gasteiger charge is -2.25. The third-order valence-corrected chi connectivity index (χ3v) is 8.51. The summed E-state index contributed by atoms with van der Waals surface area (Å²) in [6.45, 7) is 4.19. The van der Waals surface area contributed by atoms with E-state index in [2.05, 4.69) is 13.8 Å². The van der Waals surface area contributed by atoms with E-state index in [-0.39, 0.29) is 4.99 Å². The molecule has 1 atom stereocenters. The van der Waals surface area contributed by atoms with Gasteiger partial charge in [0, 0.05) is 10.6 Å². The average Bonchev–Trinajstić information content (AvgIpc) is 2.48. The third-order valence-electron chi connectivity index (χ3n) is 3.20. The van der Waals surface area contributed by atoms with E-state index in [1.807, 2.05) is 60.7 Å². The summed E-state index contributed by atoms with van der Waals surface area (Å²) >= 11 is 1.76. The Morgan fingerprint density at radius 2 is 1.37 bits per heavy atom. The summed E-state index contributed by atoms with van der Waals surface area (Å²) in [7, 11) is -2.57. The van der Waals surface area contributed by atoms with Crippen LogP contribution >= 0.6 is 18.9 Å². The van der Waals surface area contributed by atoms with Gasteiger partial charge in [0.1, 0.15) is 0 Å². The molecule has 0 N–H and O–H groups in total. The number of rotatable bonds is 5. The average molecular weight is 290 g/mol. The van der Waals surface area contributed by atoms with Crippen LogP contribution in [0.3, 0.4) is 0 Å². The van der Waals surface area contributed by atoms with Crippen molar-refractivity contribution in [1.82, 2.24) is 0 Å². The molecule has 1 nitrogen and oxygen atoms in total. The van der Waals surface area contributed by atoms with Crippen molar-refractivity contribution < 1.29 is 4.57 Å². The molecule has 19 heavy (non-hydrogen) atoms. The van der Waals surface area contributed by atoms with Gasteiger partial charge in [0.25, 0.3) is 0 Å². The van der Waals surface area contributed by atoms with Crippen LogP contribution in [0.15, 0.2) is 60.7 Å². The van der Waals surface area contributed by atoms with Crippen LogP contribution in [0, 0.1) is 0 Å². The molecular weight excluding hydrogens is 271 g/mol. The van der Waals surface area contributed by atoms with E-state index < -0.39 is 7.14 Å². The van der Waals surface area contributed by atoms with E-state index in [9.17, 15) is 4.57 Å². The minimum Gasteiger partial charge on any atom is -0.312 e. The van der Waals surface area contributed by atoms with Crippen molar-refractivity contribution in [2.75, 3.05) is 5.75 Å². The van der Waals surface area contributed by atoms with Gasteiger partial charge in [0.15, 0.2) is 7.14 Å². The molecule has 0 radical (unpaired) electrons. The second-order valence-electron chi connectivity index (χ2n) is 4.38. The first-order valence-electron chi connectivity index (χ1n) is 6.52. The van der Waals surface area contributed by atoms with E-state index in [1.54, 1.807) is 11.8 Å². The smallest absolute Gasteiger partial charge is 0.155 e. The van der Waals surface area contributed by atoms with E-state index in [4.69, 9.17) is 0 Å². The molecule has 0 bridgehead atoms. The predicted molar refractivity (Wildman–Crippen MR) is 87.4 cm³/mol. The number of thioether (sulfide) groups is 1. The van der Waals surface area contributed by atoms with Crippen LogP contribution in [0.1, 0.15) is 13.8 Å². The molecule has 0 heterocycles. The lowest BCUT2D eigenvalue weighted by molar-refractivity contribution is 0.586. The Kier molecular flexibility index (Phi) is 4.90. The number of benzene rings is 2. The largest absolute Gasteiger partial charge is 0.312 e. The first kappa shape index (κ1) is 14.4. The summed E-state index contributed by atoms with van der Waals surface area (Å²) < 4.78 is 13.7. The van der Waals surface area contributed by atoms with Crippen molar-refractivity contribution in [2.45, 2.75) is 18.8 Å². The molecule has 0 aliphatic carbocycles. The summed E-state index contributed by atoms with van der Waals surface area (Å²) in [5, 5.41) is 1.91. The minimum atomic E-state index is -2.57. The lowest BCUT2D eigenvalue weighted by Crippen LogP contribution is -2.22. The highest BCUT2D eigenvalue weighted by Crippen LogP contribution is 2.52. The second kappa shape index (κ2) is 6.45. The maximum absolute atomic E-state index is 13.7. The van der Waals surface area contributed by atoms with Crippen molar-refractivity contribution >= 4 is 29.5 Å². The Hall–Kier alpha value is -0.980. The van der Waals surface area contributed by atoms with Gasteiger partial charge >= 0.3 is 0 Å². The minimum absolute atomic E-state index is 0.0994. The first-order chi connectivity index (χ1) is 9.19. The highest BCUT2D eigenvalue weighted by molar-refractivity contribution is 8.08. The van der Waals surface area contributed by atoms with E-state index >= 15 is 0 Å². The van der Waals surface area contributed by atoms with Crippen molar-refractivity contribution in [2.24, 2.45) is 0 Å². The van der Waals surface area contributed by atoms with Crippen LogP contribution in [0.25, 0.3) is 0 Å². The van der Waals surface area contributed by atoms with Crippen molar-refractivity contribution in [3.63, 3.8) is 0 Å². The molecule has 0 aromatic heterocycles. The molecule has 0 fully saturated rings. The molecule has 0 spiro atoms. The Bertz CT molecular complexity index is 510. The van der Waals surface area contributed by atoms with Gasteiger partial charge in [-0.3, -0.25) is 0 Å². The molecule has 0 saturated heterocycles. The monoisotopic (exact) mass is 290 g/mol. The Labute approximate surface area is 119 Å². The highest BCUT2D eigenvalue weighted by atomic mass is 32.2. The maximum Gasteiger partial charge on any atom is 0.155 e. The fourth-order valence-corrected chi connectivity index (χ4v) is 7.08. The molecule has 0 aliphatic rings. The standard InChI is InChI=1S/C16H19OPS/c1-3-19-14(2)18(17,15-10-6-4-7-11-15)16-12-8-5-9-13-16/h4-14H,3H2,1-2H3. The molecule has 2 aromatic carbocycles. The van der Waals surface area contributed by atoms with Crippen molar-refractivity contribution in [3.8, 4) is 0 Å². The van der Waals surface area contributed by atoms with Gasteiger partial charge in [-0.15, -0.1) is 0 Å². The first-order valence-corrected chi connectivity index (χ1v) is 9.34. The zero-order valence-electron chi connectivity index (χ0n) is 11.3. The van der Waals surface area contributed by atoms with Crippen LogP contribution < -0.4 is 10.6 Å². The molecular formula is C16H19OPS. The van der Waals surface area contributed by atoms with Crippen LogP contribution in [-0.2, 0) is 4.57 Å². The van der Waals surface area contributed by atoms with Gasteiger partial charge < -0.3 is 4.57 Å². The van der Waals surface area contributed by atoms with Gasteiger partial charge in [-0.25, -0.2) is 0 Å². The van der Waals surface area contributed by atoms with E-state index in [1.165, 1.54) is 0 Å². The summed E-state index contributed by atoms with van der Waals surface area (Å²) in [6, 6.07) is 19.7. The fraction of sp³-hybridized carbons (Fsp3) is 0.250. The van der Waals surface area contributed by atoms with Gasteiger partial charge in [-0.1, -0.05) is 67.6 Å². The maximum atomic E-state index is 13.7. The van der Waals surface area contributed by atoms with Crippen molar-refractivity contribution in [3.05, 3.63) is 60.7 Å². The number of hydrogen-bond acceptors (Lipinski definition) is 2. The third kappa shape index (κ3) is 2.96. The molecule has 2 rings (SSSR count). The van der Waals surface area contributed by atoms with E-state index in [0.29, 0.717) is 0 Å². The Balaban J connectivity index is 2.54. The van der Waals surface area contributed by atoms with Crippen LogP contribution in [-0.4, -0.2) is 10.7 Å². The molecule has 2 aromatic rings. The van der Waals surface area contributed by atoms with E-state index in [0.717, 1.165) is 16.4 Å². The topological polar surface area (TPSA) is 17.1 Å². The van der Waals surface area contributed by atoms with Gasteiger partial charge in [0.2, 0.25) is 0 Å². The van der Waals surface area contributed by atoms with Gasteiger partial charge in [-0.05, 0) is 12.7 Å². The summed E-state index contributed by atoms with van der Waals surface area (Å²) in [6.07, 6.45) is 0. The zero-order chi connectivity index (χ0) is 13.7. The summed E-state index contributed by atoms with van der Waals surface area (Å²) in [5.74, 6) is 0.977. The normalized spacial score (nSPS) is 13.2. The van der Waals surface area contributed by atoms with Gasteiger partial charge in [0.05, 0.1) is 4.99 Å². The molecule has 1 unspecified atom stereocenters. The highest BCUT2D eigenvalue weighted by Gasteiger charge is 2.33. The molecule has 0 aliphatic heterocycles. The van der Waals surface area contributed by atoms with Crippen LogP contribution in [0.4, 0.5) is 0 Å². The SMILES string of the molecule is CCSC(C)P(=O)(c1ccccc1)c1ccccc1. The number of hydrogen-bond donors (Lipinski definition) is 0. The quantitative estimate of drug-likeness (QED) is 0.771. The molecule has 3 heteroatoms.